The Labute approximate surface area is 104 Å². The van der Waals surface area contributed by atoms with Crippen molar-refractivity contribution >= 4 is 17.6 Å². The van der Waals surface area contributed by atoms with E-state index in [2.05, 4.69) is 4.98 Å². The second-order valence-electron chi connectivity index (χ2n) is 3.59. The van der Waals surface area contributed by atoms with E-state index in [1.165, 1.54) is 0 Å². The van der Waals surface area contributed by atoms with Crippen LogP contribution in [0.3, 0.4) is 0 Å². The number of nitrogen functional groups attached to an aromatic ring is 1. The summed E-state index contributed by atoms with van der Waals surface area (Å²) in [5.74, 6) is 1.27. The van der Waals surface area contributed by atoms with Crippen LogP contribution in [-0.2, 0) is 0 Å². The highest BCUT2D eigenvalue weighted by Crippen LogP contribution is 2.34. The van der Waals surface area contributed by atoms with E-state index < -0.39 is 0 Å². The second-order valence-corrected chi connectivity index (χ2v) is 4.00. The van der Waals surface area contributed by atoms with Crippen molar-refractivity contribution < 1.29 is 9.15 Å². The Hall–Kier alpha value is -1.68. The van der Waals surface area contributed by atoms with Gasteiger partial charge in [-0.05, 0) is 31.5 Å². The van der Waals surface area contributed by atoms with Crippen molar-refractivity contribution in [3.05, 3.63) is 28.9 Å². The van der Waals surface area contributed by atoms with Gasteiger partial charge in [-0.15, -0.1) is 0 Å². The highest BCUT2D eigenvalue weighted by molar-refractivity contribution is 6.32. The minimum Gasteiger partial charge on any atom is -0.492 e. The molecule has 17 heavy (non-hydrogen) atoms. The standard InChI is InChI=1S/C12H13ClN2O2/c1-3-16-10-4-7(2)8(5-9(10)13)11-6-15-12(14)17-11/h4-6H,3H2,1-2H3,(H2,14,15). The Morgan fingerprint density at radius 1 is 1.47 bits per heavy atom. The van der Waals surface area contributed by atoms with Crippen molar-refractivity contribution in [2.75, 3.05) is 12.3 Å². The van der Waals surface area contributed by atoms with Crippen LogP contribution >= 0.6 is 11.6 Å². The van der Waals surface area contributed by atoms with Crippen molar-refractivity contribution in [1.82, 2.24) is 4.98 Å². The highest BCUT2D eigenvalue weighted by Gasteiger charge is 2.11. The third kappa shape index (κ3) is 2.36. The van der Waals surface area contributed by atoms with Crippen LogP contribution in [0.1, 0.15) is 12.5 Å². The van der Waals surface area contributed by atoms with Crippen LogP contribution in [-0.4, -0.2) is 11.6 Å². The lowest BCUT2D eigenvalue weighted by molar-refractivity contribution is 0.340. The molecular weight excluding hydrogens is 240 g/mol. The van der Waals surface area contributed by atoms with Gasteiger partial charge in [0.25, 0.3) is 6.01 Å². The molecular formula is C12H13ClN2O2. The maximum absolute atomic E-state index is 6.12. The lowest BCUT2D eigenvalue weighted by atomic mass is 10.1. The maximum atomic E-state index is 6.12. The lowest BCUT2D eigenvalue weighted by Crippen LogP contribution is -1.94. The minimum atomic E-state index is 0.143. The number of nitrogens with two attached hydrogens (primary N) is 1. The number of benzene rings is 1. The number of aromatic nitrogens is 1. The lowest BCUT2D eigenvalue weighted by Gasteiger charge is -2.09. The molecule has 1 aromatic carbocycles. The SMILES string of the molecule is CCOc1cc(C)c(-c2cnc(N)o2)cc1Cl. The van der Waals surface area contributed by atoms with Gasteiger partial charge in [0.15, 0.2) is 5.76 Å². The molecule has 0 bridgehead atoms. The molecule has 1 aromatic heterocycles. The summed E-state index contributed by atoms with van der Waals surface area (Å²) in [5, 5.41) is 0.544. The molecule has 0 spiro atoms. The quantitative estimate of drug-likeness (QED) is 0.911. The second kappa shape index (κ2) is 4.67. The van der Waals surface area contributed by atoms with Crippen LogP contribution in [0.5, 0.6) is 5.75 Å². The smallest absolute Gasteiger partial charge is 0.292 e. The Morgan fingerprint density at radius 2 is 2.24 bits per heavy atom. The molecule has 1 heterocycles. The van der Waals surface area contributed by atoms with Crippen LogP contribution in [0.25, 0.3) is 11.3 Å². The molecule has 0 saturated heterocycles. The normalized spacial score (nSPS) is 10.5. The molecule has 4 nitrogen and oxygen atoms in total. The molecule has 0 aliphatic heterocycles. The third-order valence-electron chi connectivity index (χ3n) is 2.37. The number of halogens is 1. The van der Waals surface area contributed by atoms with Gasteiger partial charge in [-0.2, -0.15) is 0 Å². The van der Waals surface area contributed by atoms with Crippen LogP contribution < -0.4 is 10.5 Å². The first kappa shape index (κ1) is 11.8. The van der Waals surface area contributed by atoms with Crippen molar-refractivity contribution in [2.24, 2.45) is 0 Å². The van der Waals surface area contributed by atoms with E-state index in [1.54, 1.807) is 12.3 Å². The van der Waals surface area contributed by atoms with Gasteiger partial charge in [-0.3, -0.25) is 0 Å². The van der Waals surface area contributed by atoms with Crippen molar-refractivity contribution in [3.63, 3.8) is 0 Å². The number of rotatable bonds is 3. The molecule has 2 rings (SSSR count). The van der Waals surface area contributed by atoms with E-state index >= 15 is 0 Å². The molecule has 0 amide bonds. The zero-order valence-corrected chi connectivity index (χ0v) is 10.4. The largest absolute Gasteiger partial charge is 0.492 e. The van der Waals surface area contributed by atoms with E-state index in [9.17, 15) is 0 Å². The third-order valence-corrected chi connectivity index (χ3v) is 2.66. The van der Waals surface area contributed by atoms with E-state index in [-0.39, 0.29) is 6.01 Å². The van der Waals surface area contributed by atoms with Crippen molar-refractivity contribution in [3.8, 4) is 17.1 Å². The monoisotopic (exact) mass is 252 g/mol. The zero-order chi connectivity index (χ0) is 12.4. The molecule has 0 atom stereocenters. The van der Waals surface area contributed by atoms with Gasteiger partial charge < -0.3 is 14.9 Å². The first-order valence-electron chi connectivity index (χ1n) is 5.26. The summed E-state index contributed by atoms with van der Waals surface area (Å²) in [4.78, 5) is 3.86. The van der Waals surface area contributed by atoms with Gasteiger partial charge in [-0.1, -0.05) is 11.6 Å². The number of nitrogens with zero attached hydrogens (tertiary/aromatic N) is 1. The summed E-state index contributed by atoms with van der Waals surface area (Å²) in [6.45, 7) is 4.44. The van der Waals surface area contributed by atoms with E-state index in [0.29, 0.717) is 23.1 Å². The van der Waals surface area contributed by atoms with Gasteiger partial charge in [0.1, 0.15) is 5.75 Å². The number of hydrogen-bond donors (Lipinski definition) is 1. The molecule has 0 aliphatic rings. The summed E-state index contributed by atoms with van der Waals surface area (Å²) in [7, 11) is 0. The average Bonchev–Trinajstić information content (AvgIpc) is 2.70. The number of oxazole rings is 1. The zero-order valence-electron chi connectivity index (χ0n) is 9.66. The highest BCUT2D eigenvalue weighted by atomic mass is 35.5. The fourth-order valence-corrected chi connectivity index (χ4v) is 1.82. The Morgan fingerprint density at radius 3 is 2.82 bits per heavy atom. The molecule has 0 unspecified atom stereocenters. The first-order chi connectivity index (χ1) is 8.11. The van der Waals surface area contributed by atoms with Gasteiger partial charge in [0, 0.05) is 5.56 Å². The first-order valence-corrected chi connectivity index (χ1v) is 5.64. The maximum Gasteiger partial charge on any atom is 0.292 e. The van der Waals surface area contributed by atoms with Gasteiger partial charge in [0.2, 0.25) is 0 Å². The molecule has 0 radical (unpaired) electrons. The van der Waals surface area contributed by atoms with Gasteiger partial charge in [0.05, 0.1) is 17.8 Å². The summed E-state index contributed by atoms with van der Waals surface area (Å²) < 4.78 is 10.7. The number of hydrogen-bond acceptors (Lipinski definition) is 4. The molecule has 90 valence electrons. The average molecular weight is 253 g/mol. The molecule has 2 N–H and O–H groups in total. The summed E-state index contributed by atoms with van der Waals surface area (Å²) >= 11 is 6.12. The van der Waals surface area contributed by atoms with Crippen LogP contribution in [0.2, 0.25) is 5.02 Å². The molecule has 0 aliphatic carbocycles. The van der Waals surface area contributed by atoms with Gasteiger partial charge >= 0.3 is 0 Å². The van der Waals surface area contributed by atoms with E-state index in [0.717, 1.165) is 11.1 Å². The van der Waals surface area contributed by atoms with Crippen molar-refractivity contribution in [2.45, 2.75) is 13.8 Å². The summed E-state index contributed by atoms with van der Waals surface area (Å²) in [6, 6.07) is 3.81. The summed E-state index contributed by atoms with van der Waals surface area (Å²) in [5.41, 5.74) is 7.30. The topological polar surface area (TPSA) is 61.3 Å². The molecule has 5 heteroatoms. The van der Waals surface area contributed by atoms with Gasteiger partial charge in [-0.25, -0.2) is 4.98 Å². The fourth-order valence-electron chi connectivity index (χ4n) is 1.60. The number of aryl methyl sites for hydroxylation is 1. The fraction of sp³-hybridized carbons (Fsp3) is 0.250. The van der Waals surface area contributed by atoms with E-state index in [1.807, 2.05) is 19.9 Å². The van der Waals surface area contributed by atoms with Crippen LogP contribution in [0.4, 0.5) is 6.01 Å². The predicted molar refractivity (Wildman–Crippen MR) is 67.3 cm³/mol. The Bertz CT molecular complexity index is 537. The minimum absolute atomic E-state index is 0.143. The van der Waals surface area contributed by atoms with Crippen molar-refractivity contribution in [1.29, 1.82) is 0 Å². The van der Waals surface area contributed by atoms with Crippen LogP contribution in [0.15, 0.2) is 22.7 Å². The Balaban J connectivity index is 2.46. The Kier molecular flexibility index (Phi) is 3.24. The predicted octanol–water partition coefficient (Wildman–Crippen LogP) is 3.28. The molecule has 0 fully saturated rings. The molecule has 0 saturated carbocycles. The number of ether oxygens (including phenoxy) is 1. The van der Waals surface area contributed by atoms with E-state index in [4.69, 9.17) is 26.5 Å². The summed E-state index contributed by atoms with van der Waals surface area (Å²) in [6.07, 6.45) is 1.58. The number of anilines is 1. The van der Waals surface area contributed by atoms with Crippen LogP contribution in [0, 0.1) is 6.92 Å². The molecule has 2 aromatic rings.